The van der Waals surface area contributed by atoms with E-state index in [1.54, 1.807) is 60.7 Å². The first-order valence-electron chi connectivity index (χ1n) is 20.5. The molecular weight excluding hydrogens is 949 g/mol. The molecule has 0 saturated carbocycles. The van der Waals surface area contributed by atoms with Gasteiger partial charge in [-0.15, -0.1) is 0 Å². The van der Waals surface area contributed by atoms with E-state index in [1.165, 1.54) is 11.8 Å². The third kappa shape index (κ3) is 13.6. The highest BCUT2D eigenvalue weighted by Gasteiger charge is 2.24. The second-order valence-electron chi connectivity index (χ2n) is 14.7. The van der Waals surface area contributed by atoms with E-state index in [9.17, 15) is 9.59 Å². The second kappa shape index (κ2) is 24.6. The molecule has 336 valence electrons. The third-order valence-corrected chi connectivity index (χ3v) is 13.9. The summed E-state index contributed by atoms with van der Waals surface area (Å²) in [5, 5.41) is 20.4. The summed E-state index contributed by atoms with van der Waals surface area (Å²) in [5.41, 5.74) is 3.86. The molecule has 10 nitrogen and oxygen atoms in total. The van der Waals surface area contributed by atoms with Crippen molar-refractivity contribution in [3.8, 4) is 22.3 Å². The Kier molecular flexibility index (Phi) is 19.4. The lowest BCUT2D eigenvalue weighted by atomic mass is 9.98. The molecule has 2 fully saturated rings. The van der Waals surface area contributed by atoms with Crippen LogP contribution in [0.3, 0.4) is 0 Å². The van der Waals surface area contributed by atoms with Crippen LogP contribution in [0.4, 0.5) is 0 Å². The Morgan fingerprint density at radius 1 is 0.556 bits per heavy atom. The van der Waals surface area contributed by atoms with Crippen molar-refractivity contribution in [1.29, 1.82) is 0 Å². The zero-order valence-corrected chi connectivity index (χ0v) is 39.7. The van der Waals surface area contributed by atoms with Gasteiger partial charge < -0.3 is 29.5 Å². The minimum atomic E-state index is -0.121. The molecule has 0 bridgehead atoms. The largest absolute Gasteiger partial charge is 0.394 e. The molecule has 2 saturated heterocycles. The van der Waals surface area contributed by atoms with Crippen molar-refractivity contribution < 1.29 is 29.3 Å². The summed E-state index contributed by atoms with van der Waals surface area (Å²) in [5.74, 6) is -0.242. The number of carbonyl (C=O) groups is 2. The summed E-state index contributed by atoms with van der Waals surface area (Å²) < 4.78 is 10.8. The number of carbonyl (C=O) groups excluding carboxylic acids is 2. The maximum Gasteiger partial charge on any atom is 0.246 e. The van der Waals surface area contributed by atoms with Gasteiger partial charge in [0.25, 0.3) is 0 Å². The van der Waals surface area contributed by atoms with Crippen LogP contribution >= 0.6 is 81.4 Å². The van der Waals surface area contributed by atoms with Crippen LogP contribution in [0.2, 0.25) is 30.1 Å². The van der Waals surface area contributed by atoms with Crippen LogP contribution in [-0.2, 0) is 19.1 Å². The summed E-state index contributed by atoms with van der Waals surface area (Å²) in [6.07, 6.45) is 6.62. The number of hydrogen-bond donors (Lipinski definition) is 2. The molecule has 0 spiro atoms. The van der Waals surface area contributed by atoms with Gasteiger partial charge in [0, 0.05) is 130 Å². The smallest absolute Gasteiger partial charge is 0.246 e. The zero-order chi connectivity index (χ0) is 44.9. The number of nitrogens with zero attached hydrogens (tertiary/aromatic N) is 4. The second-order valence-corrected chi connectivity index (χ2v) is 18.2. The molecule has 0 unspecified atom stereocenters. The maximum atomic E-state index is 13.4. The number of hydrogen-bond acceptors (Lipinski definition) is 9. The van der Waals surface area contributed by atoms with Gasteiger partial charge in [0.05, 0.1) is 49.7 Å². The lowest BCUT2D eigenvalue weighted by Gasteiger charge is -2.34. The molecule has 0 radical (unpaired) electrons. The van der Waals surface area contributed by atoms with Gasteiger partial charge >= 0.3 is 0 Å². The van der Waals surface area contributed by atoms with Gasteiger partial charge in [-0.3, -0.25) is 19.4 Å². The van der Waals surface area contributed by atoms with Crippen molar-refractivity contribution in [1.82, 2.24) is 19.6 Å². The number of ether oxygens (including phenoxy) is 2. The van der Waals surface area contributed by atoms with Crippen LogP contribution in [0.15, 0.2) is 82.6 Å². The van der Waals surface area contributed by atoms with Gasteiger partial charge in [-0.1, -0.05) is 106 Å². The predicted molar refractivity (Wildman–Crippen MR) is 258 cm³/mol. The van der Waals surface area contributed by atoms with Gasteiger partial charge in [0.2, 0.25) is 11.8 Å². The maximum absolute atomic E-state index is 13.4. The molecule has 4 aromatic rings. The summed E-state index contributed by atoms with van der Waals surface area (Å²) in [6.45, 7) is 8.31. The molecular formula is C46H48Cl6N4O6S. The van der Waals surface area contributed by atoms with Crippen molar-refractivity contribution in [2.24, 2.45) is 0 Å². The number of aliphatic hydroxyl groups excluding tert-OH is 2. The van der Waals surface area contributed by atoms with Gasteiger partial charge in [-0.2, -0.15) is 0 Å². The number of piperazine rings is 2. The lowest BCUT2D eigenvalue weighted by Crippen LogP contribution is -2.49. The minimum absolute atomic E-state index is 0.00741. The molecule has 2 N–H and O–H groups in total. The third-order valence-electron chi connectivity index (χ3n) is 10.7. The summed E-state index contributed by atoms with van der Waals surface area (Å²) in [6, 6.07) is 17.9. The molecule has 2 aliphatic heterocycles. The number of halogens is 6. The molecule has 17 heteroatoms. The van der Waals surface area contributed by atoms with Gasteiger partial charge in [-0.25, -0.2) is 0 Å². The predicted octanol–water partition coefficient (Wildman–Crippen LogP) is 9.42. The summed E-state index contributed by atoms with van der Waals surface area (Å²) in [4.78, 5) is 36.3. The van der Waals surface area contributed by atoms with Gasteiger partial charge in [-0.05, 0) is 59.7 Å². The zero-order valence-electron chi connectivity index (χ0n) is 34.4. The van der Waals surface area contributed by atoms with E-state index in [0.717, 1.165) is 39.3 Å². The Balaban J connectivity index is 1.25. The minimum Gasteiger partial charge on any atom is -0.394 e. The molecule has 4 aromatic carbocycles. The Morgan fingerprint density at radius 2 is 0.952 bits per heavy atom. The van der Waals surface area contributed by atoms with Crippen molar-refractivity contribution in [3.63, 3.8) is 0 Å². The fourth-order valence-corrected chi connectivity index (χ4v) is 9.94. The number of aliphatic hydroxyl groups is 2. The molecule has 63 heavy (non-hydrogen) atoms. The molecule has 6 rings (SSSR count). The molecule has 0 aliphatic carbocycles. The van der Waals surface area contributed by atoms with Crippen LogP contribution in [-0.4, -0.2) is 147 Å². The van der Waals surface area contributed by atoms with Gasteiger partial charge in [0.15, 0.2) is 0 Å². The fourth-order valence-electron chi connectivity index (χ4n) is 7.27. The molecule has 0 aromatic heterocycles. The SMILES string of the molecule is O=C(C=Cc1ccc(Sc2ccc(C=CC(=O)N3CCN(CCOCCO)CC3)c(-c3ccc(Cl)cc3Cl)c2Cl)c(Cl)c1-c1ccc(Cl)cc1Cl)N1CCN(CCOCCO)CC1. The number of rotatable bonds is 18. The standard InChI is InChI=1S/C46H48Cl6N4O6S/c47-33-5-7-35(37(49)29-33)43-31(3-11-41(59)55-17-13-53(14-18-55)21-25-61-27-23-57)1-9-39(45(43)51)63-40-10-2-32(44(46(40)52)36-8-6-34(48)30-38(36)50)4-12-42(60)56-19-15-54(16-20-56)22-26-62-28-24-58/h1-12,29-30,57-58H,13-28H2. The first-order valence-corrected chi connectivity index (χ1v) is 23.6. The van der Waals surface area contributed by atoms with E-state index in [4.69, 9.17) is 89.3 Å². The first-order chi connectivity index (χ1) is 30.5. The van der Waals surface area contributed by atoms with E-state index < -0.39 is 0 Å². The van der Waals surface area contributed by atoms with E-state index in [1.807, 2.05) is 34.1 Å². The Morgan fingerprint density at radius 3 is 1.32 bits per heavy atom. The Labute approximate surface area is 402 Å². The van der Waals surface area contributed by atoms with E-state index >= 15 is 0 Å². The van der Waals surface area contributed by atoms with E-state index in [2.05, 4.69) is 9.80 Å². The van der Waals surface area contributed by atoms with Crippen LogP contribution in [0.5, 0.6) is 0 Å². The van der Waals surface area contributed by atoms with Crippen LogP contribution < -0.4 is 0 Å². The highest BCUT2D eigenvalue weighted by Crippen LogP contribution is 2.48. The Bertz CT molecular complexity index is 2130. The van der Waals surface area contributed by atoms with Crippen LogP contribution in [0.1, 0.15) is 11.1 Å². The Hall–Kier alpha value is -2.85. The van der Waals surface area contributed by atoms with Crippen LogP contribution in [0.25, 0.3) is 34.4 Å². The summed E-state index contributed by atoms with van der Waals surface area (Å²) >= 11 is 42.2. The fraction of sp³-hybridized carbons (Fsp3) is 0.348. The monoisotopic (exact) mass is 994 g/mol. The quantitative estimate of drug-likeness (QED) is 0.0746. The lowest BCUT2D eigenvalue weighted by molar-refractivity contribution is -0.128. The number of amides is 2. The van der Waals surface area contributed by atoms with Crippen molar-refractivity contribution in [2.45, 2.75) is 9.79 Å². The van der Waals surface area contributed by atoms with Crippen molar-refractivity contribution in [2.75, 3.05) is 105 Å². The summed E-state index contributed by atoms with van der Waals surface area (Å²) in [7, 11) is 0. The average Bonchev–Trinajstić information content (AvgIpc) is 3.27. The van der Waals surface area contributed by atoms with Crippen molar-refractivity contribution in [3.05, 3.63) is 114 Å². The average molecular weight is 998 g/mol. The van der Waals surface area contributed by atoms with Crippen LogP contribution in [0, 0.1) is 0 Å². The molecule has 0 atom stereocenters. The van der Waals surface area contributed by atoms with E-state index in [-0.39, 0.29) is 25.0 Å². The highest BCUT2D eigenvalue weighted by atomic mass is 35.5. The molecule has 2 heterocycles. The number of benzene rings is 4. The highest BCUT2D eigenvalue weighted by molar-refractivity contribution is 7.99. The first kappa shape index (κ1) is 49.6. The van der Waals surface area contributed by atoms with Crippen molar-refractivity contribution >= 4 is 105 Å². The molecule has 2 aliphatic rings. The van der Waals surface area contributed by atoms with Gasteiger partial charge in [0.1, 0.15) is 0 Å². The normalized spacial score (nSPS) is 15.3. The topological polar surface area (TPSA) is 106 Å². The van der Waals surface area contributed by atoms with E-state index in [0.29, 0.717) is 126 Å². The molecule has 2 amide bonds.